The summed E-state index contributed by atoms with van der Waals surface area (Å²) in [5, 5.41) is 28.7. The lowest BCUT2D eigenvalue weighted by molar-refractivity contribution is -0.152. The third-order valence-corrected chi connectivity index (χ3v) is 10.4. The van der Waals surface area contributed by atoms with Gasteiger partial charge in [-0.25, -0.2) is 0 Å². The maximum atomic E-state index is 12.8. The lowest BCUT2D eigenvalue weighted by atomic mass is 9.46. The number of aliphatic hydroxyl groups excluding tert-OH is 2. The van der Waals surface area contributed by atoms with E-state index in [2.05, 4.69) is 13.8 Å². The van der Waals surface area contributed by atoms with Crippen LogP contribution in [0.4, 0.5) is 0 Å². The molecule has 4 fully saturated rings. The Labute approximate surface area is 220 Å². The van der Waals surface area contributed by atoms with E-state index in [1.807, 2.05) is 6.08 Å². The fraction of sp³-hybridized carbons (Fsp3) is 0.767. The van der Waals surface area contributed by atoms with Gasteiger partial charge in [0.05, 0.1) is 6.10 Å². The number of carbonyl (C=O) groups excluding carboxylic acids is 3. The van der Waals surface area contributed by atoms with Crippen molar-refractivity contribution in [3.8, 4) is 0 Å². The summed E-state index contributed by atoms with van der Waals surface area (Å²) in [6.45, 7) is 5.46. The minimum absolute atomic E-state index is 0.0170. The van der Waals surface area contributed by atoms with E-state index in [0.717, 1.165) is 44.1 Å². The van der Waals surface area contributed by atoms with Crippen LogP contribution in [0.15, 0.2) is 23.8 Å². The third kappa shape index (κ3) is 5.50. The number of rotatable bonds is 4. The molecule has 0 radical (unpaired) electrons. The smallest absolute Gasteiger partial charge is 0.303 e. The molecule has 7 heteroatoms. The summed E-state index contributed by atoms with van der Waals surface area (Å²) in [6, 6.07) is 0. The van der Waals surface area contributed by atoms with E-state index in [9.17, 15) is 19.5 Å². The van der Waals surface area contributed by atoms with Gasteiger partial charge >= 0.3 is 5.97 Å². The maximum absolute atomic E-state index is 12.8. The van der Waals surface area contributed by atoms with Gasteiger partial charge in [0.1, 0.15) is 6.61 Å². The van der Waals surface area contributed by atoms with Crippen LogP contribution in [0.2, 0.25) is 0 Å². The Morgan fingerprint density at radius 3 is 2.41 bits per heavy atom. The van der Waals surface area contributed by atoms with Crippen molar-refractivity contribution >= 4 is 17.5 Å². The maximum Gasteiger partial charge on any atom is 0.303 e. The van der Waals surface area contributed by atoms with Crippen LogP contribution in [-0.4, -0.2) is 51.9 Å². The summed E-state index contributed by atoms with van der Waals surface area (Å²) in [6.07, 6.45) is 13.6. The fourth-order valence-corrected chi connectivity index (χ4v) is 8.56. The van der Waals surface area contributed by atoms with E-state index in [1.54, 1.807) is 12.2 Å². The van der Waals surface area contributed by atoms with Crippen LogP contribution >= 0.6 is 0 Å². The lowest BCUT2D eigenvalue weighted by Gasteiger charge is -2.58. The molecule has 0 aromatic rings. The molecule has 0 aromatic heterocycles. The van der Waals surface area contributed by atoms with Crippen molar-refractivity contribution in [2.24, 2.45) is 40.4 Å². The van der Waals surface area contributed by atoms with Crippen LogP contribution < -0.4 is 0 Å². The molecule has 37 heavy (non-hydrogen) atoms. The number of fused-ring (bicyclic) bond motifs is 5. The monoisotopic (exact) mass is 516 g/mol. The minimum atomic E-state index is -1.06. The molecule has 206 valence electrons. The quantitative estimate of drug-likeness (QED) is 0.383. The van der Waals surface area contributed by atoms with E-state index < -0.39 is 18.4 Å². The standard InChI is InChI=1S/C23H30O5.C7H14O2/c1-13(24)28-12-20(27)18-7-6-17-16-5-4-14-10-15(25)8-9-22(14,2)21(16)19(26)11-23(17,18)3;8-7(9)6-4-2-1-3-5-6/h8-10,16-19,21,26H,4-7,11-12H2,1-3H3;6-9H,1-5H2. The van der Waals surface area contributed by atoms with Crippen LogP contribution in [-0.2, 0) is 19.1 Å². The van der Waals surface area contributed by atoms with Gasteiger partial charge in [-0.3, -0.25) is 14.4 Å². The molecule has 5 rings (SSSR count). The second-order valence-electron chi connectivity index (χ2n) is 12.5. The molecular formula is C30H44O7. The molecule has 0 aromatic carbocycles. The Hall–Kier alpha value is -1.83. The van der Waals surface area contributed by atoms with Gasteiger partial charge in [-0.15, -0.1) is 0 Å². The molecule has 7 atom stereocenters. The Balaban J connectivity index is 0.000000301. The van der Waals surface area contributed by atoms with Gasteiger partial charge < -0.3 is 20.1 Å². The first-order chi connectivity index (χ1) is 17.5. The second-order valence-corrected chi connectivity index (χ2v) is 12.5. The number of esters is 1. The summed E-state index contributed by atoms with van der Waals surface area (Å²) >= 11 is 0. The first-order valence-electron chi connectivity index (χ1n) is 14.1. The molecule has 0 aliphatic heterocycles. The number of hydrogen-bond acceptors (Lipinski definition) is 7. The van der Waals surface area contributed by atoms with Gasteiger partial charge in [0.15, 0.2) is 17.9 Å². The molecule has 0 saturated heterocycles. The minimum Gasteiger partial charge on any atom is -0.458 e. The van der Waals surface area contributed by atoms with Crippen molar-refractivity contribution in [2.45, 2.75) is 97.4 Å². The summed E-state index contributed by atoms with van der Waals surface area (Å²) in [5.41, 5.74) is 0.602. The van der Waals surface area contributed by atoms with Gasteiger partial charge in [-0.1, -0.05) is 44.8 Å². The van der Waals surface area contributed by atoms with Gasteiger partial charge in [0, 0.05) is 30.1 Å². The van der Waals surface area contributed by atoms with E-state index in [-0.39, 0.29) is 46.8 Å². The number of ketones is 2. The van der Waals surface area contributed by atoms with E-state index in [4.69, 9.17) is 14.9 Å². The van der Waals surface area contributed by atoms with E-state index in [1.165, 1.54) is 26.2 Å². The highest BCUT2D eigenvalue weighted by Crippen LogP contribution is 2.66. The topological polar surface area (TPSA) is 121 Å². The summed E-state index contributed by atoms with van der Waals surface area (Å²) < 4.78 is 4.97. The zero-order valence-electron chi connectivity index (χ0n) is 22.5. The van der Waals surface area contributed by atoms with Crippen LogP contribution in [0.25, 0.3) is 0 Å². The SMILES string of the molecule is CC(=O)OCC(=O)C1CCC2C3CCC4=CC(=O)C=CC4(C)C3C(O)CC12C.OC(O)C1CCCCC1. The third-order valence-electron chi connectivity index (χ3n) is 10.4. The van der Waals surface area contributed by atoms with Gasteiger partial charge in [0.2, 0.25) is 0 Å². The van der Waals surface area contributed by atoms with E-state index >= 15 is 0 Å². The van der Waals surface area contributed by atoms with Crippen LogP contribution in [0, 0.1) is 40.4 Å². The molecule has 7 unspecified atom stereocenters. The Morgan fingerprint density at radius 2 is 1.78 bits per heavy atom. The lowest BCUT2D eigenvalue weighted by Crippen LogP contribution is -2.56. The number of Topliss-reactive ketones (excluding diaryl/α,β-unsaturated/α-hetero) is 1. The number of ether oxygens (including phenoxy) is 1. The molecule has 0 spiro atoms. The van der Waals surface area contributed by atoms with Crippen molar-refractivity contribution in [1.29, 1.82) is 0 Å². The number of carbonyl (C=O) groups is 3. The highest BCUT2D eigenvalue weighted by Gasteiger charge is 2.62. The highest BCUT2D eigenvalue weighted by molar-refractivity contribution is 6.01. The normalized spacial score (nSPS) is 39.1. The van der Waals surface area contributed by atoms with Crippen molar-refractivity contribution in [1.82, 2.24) is 0 Å². The second kappa shape index (κ2) is 11.1. The van der Waals surface area contributed by atoms with Crippen molar-refractivity contribution in [3.63, 3.8) is 0 Å². The first kappa shape index (κ1) is 28.2. The predicted molar refractivity (Wildman–Crippen MR) is 138 cm³/mol. The molecule has 0 bridgehead atoms. The Kier molecular flexibility index (Phi) is 8.46. The van der Waals surface area contributed by atoms with Crippen LogP contribution in [0.1, 0.15) is 85.0 Å². The van der Waals surface area contributed by atoms with E-state index in [0.29, 0.717) is 18.3 Å². The van der Waals surface area contributed by atoms with Gasteiger partial charge in [-0.05, 0) is 74.3 Å². The number of hydrogen-bond donors (Lipinski definition) is 3. The van der Waals surface area contributed by atoms with Crippen LogP contribution in [0.5, 0.6) is 0 Å². The van der Waals surface area contributed by atoms with Crippen molar-refractivity contribution in [2.75, 3.05) is 6.61 Å². The Bertz CT molecular complexity index is 946. The molecule has 5 aliphatic rings. The van der Waals surface area contributed by atoms with Crippen molar-refractivity contribution < 1.29 is 34.4 Å². The molecule has 0 amide bonds. The van der Waals surface area contributed by atoms with Crippen molar-refractivity contribution in [3.05, 3.63) is 23.8 Å². The molecule has 3 N–H and O–H groups in total. The van der Waals surface area contributed by atoms with Crippen LogP contribution in [0.3, 0.4) is 0 Å². The summed E-state index contributed by atoms with van der Waals surface area (Å²) in [7, 11) is 0. The zero-order valence-corrected chi connectivity index (χ0v) is 22.5. The van der Waals surface area contributed by atoms with Gasteiger partial charge in [-0.2, -0.15) is 0 Å². The molecule has 4 saturated carbocycles. The summed E-state index contributed by atoms with van der Waals surface area (Å²) in [5.74, 6) is 0.373. The highest BCUT2D eigenvalue weighted by atomic mass is 16.5. The number of allylic oxidation sites excluding steroid dienone is 4. The van der Waals surface area contributed by atoms with Gasteiger partial charge in [0.25, 0.3) is 0 Å². The molecular weight excluding hydrogens is 472 g/mol. The summed E-state index contributed by atoms with van der Waals surface area (Å²) in [4.78, 5) is 35.8. The average molecular weight is 517 g/mol. The number of aliphatic hydroxyl groups is 3. The molecule has 7 nitrogen and oxygen atoms in total. The first-order valence-corrected chi connectivity index (χ1v) is 14.1. The largest absolute Gasteiger partial charge is 0.458 e. The molecule has 5 aliphatic carbocycles. The average Bonchev–Trinajstić information content (AvgIpc) is 3.20. The predicted octanol–water partition coefficient (Wildman–Crippen LogP) is 3.89. The molecule has 0 heterocycles. The zero-order chi connectivity index (χ0) is 27.0. The fourth-order valence-electron chi connectivity index (χ4n) is 8.56. The Morgan fingerprint density at radius 1 is 1.08 bits per heavy atom.